The Bertz CT molecular complexity index is 476. The number of carbonyl (C=O) groups is 1. The molecule has 0 atom stereocenters. The van der Waals surface area contributed by atoms with E-state index in [4.69, 9.17) is 4.74 Å². The predicted molar refractivity (Wildman–Crippen MR) is 117 cm³/mol. The molecule has 0 aliphatic carbocycles. The molecular weight excluding hydrogens is 349 g/mol. The van der Waals surface area contributed by atoms with Gasteiger partial charge in [-0.1, -0.05) is 103 Å². The number of rotatable bonds is 16. The van der Waals surface area contributed by atoms with E-state index in [0.29, 0.717) is 6.61 Å². The van der Waals surface area contributed by atoms with E-state index in [1.165, 1.54) is 83.1 Å². The number of para-hydroxylation sites is 1. The molecule has 0 aromatic heterocycles. The Hall–Kier alpha value is -0.744. The van der Waals surface area contributed by atoms with Crippen molar-refractivity contribution in [3.8, 4) is 5.75 Å². The van der Waals surface area contributed by atoms with Crippen molar-refractivity contribution in [2.45, 2.75) is 96.8 Å². The number of aromatic hydroxyl groups is 1. The molecule has 3 nitrogen and oxygen atoms in total. The zero-order valence-electron chi connectivity index (χ0n) is 16.7. The Morgan fingerprint density at radius 1 is 0.778 bits per heavy atom. The third-order valence-electron chi connectivity index (χ3n) is 4.86. The third-order valence-corrected chi connectivity index (χ3v) is 4.86. The number of benzene rings is 1. The highest BCUT2D eigenvalue weighted by Crippen LogP contribution is 2.17. The number of carbonyl (C=O) groups excluding carboxylic acids is 1. The molecular formula is C23H40MgO3. The van der Waals surface area contributed by atoms with Gasteiger partial charge < -0.3 is 9.84 Å². The van der Waals surface area contributed by atoms with Crippen LogP contribution in [0.5, 0.6) is 5.75 Å². The topological polar surface area (TPSA) is 46.5 Å². The van der Waals surface area contributed by atoms with Crippen molar-refractivity contribution in [2.24, 2.45) is 0 Å². The van der Waals surface area contributed by atoms with Crippen LogP contribution in [-0.2, 0) is 4.74 Å². The highest BCUT2D eigenvalue weighted by atomic mass is 24.3. The fraction of sp³-hybridized carbons (Fsp3) is 0.696. The second-order valence-corrected chi connectivity index (χ2v) is 7.25. The lowest BCUT2D eigenvalue weighted by Gasteiger charge is -2.06. The van der Waals surface area contributed by atoms with Crippen molar-refractivity contribution in [1.82, 2.24) is 0 Å². The van der Waals surface area contributed by atoms with E-state index in [1.54, 1.807) is 18.2 Å². The first kappa shape index (κ1) is 26.3. The van der Waals surface area contributed by atoms with Gasteiger partial charge in [0.1, 0.15) is 11.3 Å². The molecule has 0 saturated carbocycles. The number of phenolic OH excluding ortho intramolecular Hbond substituents is 1. The molecule has 0 aliphatic rings. The van der Waals surface area contributed by atoms with Gasteiger partial charge in [0.25, 0.3) is 0 Å². The molecule has 1 N–H and O–H groups in total. The Labute approximate surface area is 182 Å². The number of unbranched alkanes of at least 4 members (excludes halogenated alkanes) is 13. The third kappa shape index (κ3) is 14.0. The van der Waals surface area contributed by atoms with Crippen LogP contribution in [0, 0.1) is 0 Å². The molecule has 0 aliphatic heterocycles. The second-order valence-electron chi connectivity index (χ2n) is 7.25. The Morgan fingerprint density at radius 2 is 1.22 bits per heavy atom. The standard InChI is InChI=1S/C23H38O3.Mg.2H/c1-2-3-4-5-6-7-8-9-10-11-12-13-14-17-20-26-23(25)21-18-15-16-19-22(21)24;;;/h15-16,18-19,24H,2-14,17,20H2,1H3;;;. The van der Waals surface area contributed by atoms with E-state index in [-0.39, 0.29) is 34.4 Å². The zero-order chi connectivity index (χ0) is 18.9. The quantitative estimate of drug-likeness (QED) is 0.211. The zero-order valence-corrected chi connectivity index (χ0v) is 16.7. The summed E-state index contributed by atoms with van der Waals surface area (Å²) in [5, 5.41) is 9.61. The summed E-state index contributed by atoms with van der Waals surface area (Å²) in [6.45, 7) is 2.70. The van der Waals surface area contributed by atoms with Gasteiger partial charge in [0.2, 0.25) is 0 Å². The molecule has 152 valence electrons. The lowest BCUT2D eigenvalue weighted by atomic mass is 10.0. The minimum atomic E-state index is -0.433. The van der Waals surface area contributed by atoms with Crippen LogP contribution in [0.2, 0.25) is 0 Å². The number of ether oxygens (including phenoxy) is 1. The first-order valence-corrected chi connectivity index (χ1v) is 10.7. The predicted octanol–water partition coefficient (Wildman–Crippen LogP) is 6.11. The highest BCUT2D eigenvalue weighted by molar-refractivity contribution is 5.92. The van der Waals surface area contributed by atoms with Gasteiger partial charge in [0.15, 0.2) is 0 Å². The molecule has 27 heavy (non-hydrogen) atoms. The van der Waals surface area contributed by atoms with Gasteiger partial charge in [-0.05, 0) is 18.6 Å². The maximum absolute atomic E-state index is 11.8. The van der Waals surface area contributed by atoms with Crippen LogP contribution >= 0.6 is 0 Å². The fourth-order valence-corrected chi connectivity index (χ4v) is 3.19. The average molecular weight is 389 g/mol. The van der Waals surface area contributed by atoms with Gasteiger partial charge in [0.05, 0.1) is 6.61 Å². The monoisotopic (exact) mass is 388 g/mol. The Kier molecular flexibility index (Phi) is 18.1. The molecule has 1 aromatic carbocycles. The second kappa shape index (κ2) is 18.6. The molecule has 4 heteroatoms. The van der Waals surface area contributed by atoms with Gasteiger partial charge in [0, 0.05) is 0 Å². The van der Waals surface area contributed by atoms with Crippen LogP contribution in [0.25, 0.3) is 0 Å². The van der Waals surface area contributed by atoms with E-state index >= 15 is 0 Å². The molecule has 0 fully saturated rings. The molecule has 0 unspecified atom stereocenters. The summed E-state index contributed by atoms with van der Waals surface area (Å²) < 4.78 is 5.22. The Morgan fingerprint density at radius 3 is 1.70 bits per heavy atom. The van der Waals surface area contributed by atoms with Gasteiger partial charge in [-0.2, -0.15) is 0 Å². The van der Waals surface area contributed by atoms with Crippen LogP contribution in [0.4, 0.5) is 0 Å². The van der Waals surface area contributed by atoms with Crippen molar-refractivity contribution in [1.29, 1.82) is 0 Å². The van der Waals surface area contributed by atoms with Crippen LogP contribution < -0.4 is 0 Å². The van der Waals surface area contributed by atoms with Gasteiger partial charge in [-0.15, -0.1) is 0 Å². The first-order valence-electron chi connectivity index (χ1n) is 10.7. The largest absolute Gasteiger partial charge is 0.507 e. The summed E-state index contributed by atoms with van der Waals surface area (Å²) in [7, 11) is 0. The number of hydrogen-bond acceptors (Lipinski definition) is 3. The minimum absolute atomic E-state index is 0. The van der Waals surface area contributed by atoms with Crippen molar-refractivity contribution < 1.29 is 14.6 Å². The molecule has 1 aromatic rings. The van der Waals surface area contributed by atoms with Crippen LogP contribution in [0.1, 0.15) is 107 Å². The van der Waals surface area contributed by atoms with Crippen molar-refractivity contribution in [3.05, 3.63) is 29.8 Å². The summed E-state index contributed by atoms with van der Waals surface area (Å²) in [5.41, 5.74) is 0.248. The molecule has 0 saturated heterocycles. The number of phenols is 1. The van der Waals surface area contributed by atoms with E-state index in [0.717, 1.165) is 12.8 Å². The first-order chi connectivity index (χ1) is 12.8. The van der Waals surface area contributed by atoms with Gasteiger partial charge >= 0.3 is 29.0 Å². The van der Waals surface area contributed by atoms with Crippen LogP contribution in [-0.4, -0.2) is 40.7 Å². The van der Waals surface area contributed by atoms with E-state index in [2.05, 4.69) is 6.92 Å². The SMILES string of the molecule is CCCCCCCCCCCCCCCCOC(=O)c1ccccc1O.[MgH2]. The van der Waals surface area contributed by atoms with E-state index in [1.807, 2.05) is 0 Å². The maximum atomic E-state index is 11.8. The number of esters is 1. The van der Waals surface area contributed by atoms with Gasteiger partial charge in [-0.3, -0.25) is 0 Å². The summed E-state index contributed by atoms with van der Waals surface area (Å²) in [5.74, 6) is -0.448. The van der Waals surface area contributed by atoms with Gasteiger partial charge in [-0.25, -0.2) is 4.79 Å². The molecule has 0 spiro atoms. The summed E-state index contributed by atoms with van der Waals surface area (Å²) >= 11 is 0. The van der Waals surface area contributed by atoms with Crippen molar-refractivity contribution in [3.63, 3.8) is 0 Å². The molecule has 0 amide bonds. The number of hydrogen-bond donors (Lipinski definition) is 1. The molecule has 0 radical (unpaired) electrons. The lowest BCUT2D eigenvalue weighted by molar-refractivity contribution is 0.0494. The van der Waals surface area contributed by atoms with Crippen molar-refractivity contribution >= 4 is 29.0 Å². The van der Waals surface area contributed by atoms with E-state index < -0.39 is 5.97 Å². The van der Waals surface area contributed by atoms with Crippen LogP contribution in [0.15, 0.2) is 24.3 Å². The summed E-state index contributed by atoms with van der Waals surface area (Å²) in [4.78, 5) is 11.8. The normalized spacial score (nSPS) is 10.4. The molecule has 0 bridgehead atoms. The average Bonchev–Trinajstić information content (AvgIpc) is 2.65. The summed E-state index contributed by atoms with van der Waals surface area (Å²) in [6.07, 6.45) is 18.3. The molecule has 1 rings (SSSR count). The van der Waals surface area contributed by atoms with E-state index in [9.17, 15) is 9.90 Å². The fourth-order valence-electron chi connectivity index (χ4n) is 3.19. The van der Waals surface area contributed by atoms with Crippen LogP contribution in [0.3, 0.4) is 0 Å². The highest BCUT2D eigenvalue weighted by Gasteiger charge is 2.10. The smallest absolute Gasteiger partial charge is 0.341 e. The lowest BCUT2D eigenvalue weighted by Crippen LogP contribution is -2.06. The summed E-state index contributed by atoms with van der Waals surface area (Å²) in [6, 6.07) is 6.51. The maximum Gasteiger partial charge on any atom is 0.341 e. The molecule has 0 heterocycles. The minimum Gasteiger partial charge on any atom is -0.507 e. The van der Waals surface area contributed by atoms with Crippen molar-refractivity contribution in [2.75, 3.05) is 6.61 Å². The Balaban J connectivity index is 0.00000676.